The average molecular weight is 376 g/mol. The van der Waals surface area contributed by atoms with E-state index in [2.05, 4.69) is 59.2 Å². The van der Waals surface area contributed by atoms with Gasteiger partial charge in [0.05, 0.1) is 5.56 Å². The number of rotatable bonds is 5. The molecule has 0 unspecified atom stereocenters. The summed E-state index contributed by atoms with van der Waals surface area (Å²) in [6, 6.07) is 26.9. The maximum absolute atomic E-state index is 11.2. The summed E-state index contributed by atoms with van der Waals surface area (Å²) in [6.45, 7) is 3.09. The van der Waals surface area contributed by atoms with Gasteiger partial charge >= 0.3 is 0 Å². The standard InChI is InChI=1S/C14H15N.C9H9NO3/c1-3-7-13(8-4-1)11-15-12-14-9-5-2-6-10-14;1-6(11)10-9(13)7-4-2-3-5-8(7)12/h1-10,15H,11-12H2;2-5,12H,1H3,(H,10,11,13). The highest BCUT2D eigenvalue weighted by molar-refractivity contribution is 6.05. The second-order valence-corrected chi connectivity index (χ2v) is 6.10. The Hall–Kier alpha value is -3.44. The molecule has 0 aliphatic heterocycles. The van der Waals surface area contributed by atoms with Gasteiger partial charge in [-0.15, -0.1) is 0 Å². The van der Waals surface area contributed by atoms with Crippen molar-refractivity contribution in [1.82, 2.24) is 10.6 Å². The topological polar surface area (TPSA) is 78.4 Å². The number of carbonyl (C=O) groups is 2. The zero-order valence-corrected chi connectivity index (χ0v) is 15.8. The van der Waals surface area contributed by atoms with E-state index in [-0.39, 0.29) is 11.3 Å². The molecule has 0 spiro atoms. The molecule has 0 fully saturated rings. The summed E-state index contributed by atoms with van der Waals surface area (Å²) in [5, 5.41) is 14.7. The fourth-order valence-corrected chi connectivity index (χ4v) is 2.44. The van der Waals surface area contributed by atoms with Crippen LogP contribution in [0.1, 0.15) is 28.4 Å². The first kappa shape index (κ1) is 20.9. The normalized spacial score (nSPS) is 9.75. The minimum absolute atomic E-state index is 0.0951. The Morgan fingerprint density at radius 1 is 0.750 bits per heavy atom. The van der Waals surface area contributed by atoms with Crippen molar-refractivity contribution in [2.45, 2.75) is 20.0 Å². The zero-order valence-electron chi connectivity index (χ0n) is 15.8. The van der Waals surface area contributed by atoms with Crippen LogP contribution in [0.5, 0.6) is 5.75 Å². The fraction of sp³-hybridized carbons (Fsp3) is 0.130. The van der Waals surface area contributed by atoms with Crippen LogP contribution in [-0.4, -0.2) is 16.9 Å². The molecule has 3 aromatic carbocycles. The van der Waals surface area contributed by atoms with E-state index in [1.54, 1.807) is 12.1 Å². The van der Waals surface area contributed by atoms with Crippen LogP contribution in [0.2, 0.25) is 0 Å². The highest BCUT2D eigenvalue weighted by atomic mass is 16.3. The first-order valence-corrected chi connectivity index (χ1v) is 8.94. The molecule has 2 amide bonds. The molecule has 3 rings (SSSR count). The van der Waals surface area contributed by atoms with Gasteiger partial charge in [0.2, 0.25) is 5.91 Å². The number of hydrogen-bond donors (Lipinski definition) is 3. The number of imide groups is 1. The highest BCUT2D eigenvalue weighted by Gasteiger charge is 2.10. The second kappa shape index (κ2) is 11.3. The van der Waals surface area contributed by atoms with Crippen LogP contribution in [0, 0.1) is 0 Å². The van der Waals surface area contributed by atoms with Crippen molar-refractivity contribution in [3.05, 3.63) is 102 Å². The second-order valence-electron chi connectivity index (χ2n) is 6.10. The van der Waals surface area contributed by atoms with Crippen molar-refractivity contribution >= 4 is 11.8 Å². The molecule has 3 aromatic rings. The zero-order chi connectivity index (χ0) is 20.2. The predicted molar refractivity (Wildman–Crippen MR) is 110 cm³/mol. The lowest BCUT2D eigenvalue weighted by Gasteiger charge is -2.04. The minimum Gasteiger partial charge on any atom is -0.507 e. The Morgan fingerprint density at radius 3 is 1.68 bits per heavy atom. The first-order valence-electron chi connectivity index (χ1n) is 8.94. The van der Waals surface area contributed by atoms with Crippen LogP contribution >= 0.6 is 0 Å². The van der Waals surface area contributed by atoms with E-state index in [0.29, 0.717) is 0 Å². The molecule has 0 radical (unpaired) electrons. The third kappa shape index (κ3) is 7.43. The van der Waals surface area contributed by atoms with Crippen molar-refractivity contribution in [1.29, 1.82) is 0 Å². The van der Waals surface area contributed by atoms with Gasteiger partial charge in [0.1, 0.15) is 5.75 Å². The van der Waals surface area contributed by atoms with Gasteiger partial charge < -0.3 is 10.4 Å². The van der Waals surface area contributed by atoms with Crippen LogP contribution in [0.4, 0.5) is 0 Å². The SMILES string of the molecule is CC(=O)NC(=O)c1ccccc1O.c1ccc(CNCc2ccccc2)cc1. The van der Waals surface area contributed by atoms with Gasteiger partial charge in [0, 0.05) is 20.0 Å². The lowest BCUT2D eigenvalue weighted by atomic mass is 10.2. The lowest BCUT2D eigenvalue weighted by molar-refractivity contribution is -0.118. The molecule has 0 heterocycles. The molecular weight excluding hydrogens is 352 g/mol. The molecule has 0 saturated heterocycles. The summed E-state index contributed by atoms with van der Waals surface area (Å²) in [5.74, 6) is -1.18. The van der Waals surface area contributed by atoms with Crippen LogP contribution in [0.25, 0.3) is 0 Å². The van der Waals surface area contributed by atoms with E-state index in [1.807, 2.05) is 12.1 Å². The highest BCUT2D eigenvalue weighted by Crippen LogP contribution is 2.14. The number of hydrogen-bond acceptors (Lipinski definition) is 4. The molecule has 3 N–H and O–H groups in total. The Kier molecular flexibility index (Phi) is 8.43. The Labute approximate surface area is 165 Å². The third-order valence-corrected chi connectivity index (χ3v) is 3.78. The number of nitrogens with one attached hydrogen (secondary N) is 2. The Balaban J connectivity index is 0.000000203. The van der Waals surface area contributed by atoms with E-state index in [1.165, 1.54) is 30.2 Å². The largest absolute Gasteiger partial charge is 0.507 e. The molecule has 5 heteroatoms. The predicted octanol–water partition coefficient (Wildman–Crippen LogP) is 3.64. The quantitative estimate of drug-likeness (QED) is 0.635. The molecule has 0 aromatic heterocycles. The molecule has 144 valence electrons. The number of benzene rings is 3. The van der Waals surface area contributed by atoms with Crippen LogP contribution < -0.4 is 10.6 Å². The molecule has 0 atom stereocenters. The van der Waals surface area contributed by atoms with Crippen LogP contribution in [0.15, 0.2) is 84.9 Å². The van der Waals surface area contributed by atoms with Gasteiger partial charge in [-0.25, -0.2) is 0 Å². The van der Waals surface area contributed by atoms with Gasteiger partial charge in [-0.2, -0.15) is 0 Å². The van der Waals surface area contributed by atoms with E-state index in [9.17, 15) is 14.7 Å². The van der Waals surface area contributed by atoms with Crippen molar-refractivity contribution in [3.63, 3.8) is 0 Å². The number of amides is 2. The first-order chi connectivity index (χ1) is 13.6. The van der Waals surface area contributed by atoms with Crippen molar-refractivity contribution in [2.75, 3.05) is 0 Å². The van der Waals surface area contributed by atoms with E-state index in [0.717, 1.165) is 13.1 Å². The summed E-state index contributed by atoms with van der Waals surface area (Å²) in [7, 11) is 0. The number of carbonyl (C=O) groups excluding carboxylic acids is 2. The average Bonchev–Trinajstić information content (AvgIpc) is 2.70. The van der Waals surface area contributed by atoms with Crippen LogP contribution in [-0.2, 0) is 17.9 Å². The lowest BCUT2D eigenvalue weighted by Crippen LogP contribution is -2.27. The summed E-state index contributed by atoms with van der Waals surface area (Å²) in [6.07, 6.45) is 0. The van der Waals surface area contributed by atoms with E-state index < -0.39 is 11.8 Å². The summed E-state index contributed by atoms with van der Waals surface area (Å²) in [4.78, 5) is 21.7. The number of aromatic hydroxyl groups is 1. The Bertz CT molecular complexity index is 841. The summed E-state index contributed by atoms with van der Waals surface area (Å²) in [5.41, 5.74) is 2.75. The Morgan fingerprint density at radius 2 is 1.21 bits per heavy atom. The van der Waals surface area contributed by atoms with Gasteiger partial charge in [-0.05, 0) is 23.3 Å². The van der Waals surface area contributed by atoms with Crippen molar-refractivity contribution < 1.29 is 14.7 Å². The summed E-state index contributed by atoms with van der Waals surface area (Å²) >= 11 is 0. The maximum atomic E-state index is 11.2. The molecule has 5 nitrogen and oxygen atoms in total. The smallest absolute Gasteiger partial charge is 0.261 e. The number of phenolic OH excluding ortho intramolecular Hbond substituents is 1. The van der Waals surface area contributed by atoms with Gasteiger partial charge in [0.15, 0.2) is 0 Å². The molecule has 0 saturated carbocycles. The van der Waals surface area contributed by atoms with Gasteiger partial charge in [-0.3, -0.25) is 14.9 Å². The molecular formula is C23H24N2O3. The van der Waals surface area contributed by atoms with E-state index >= 15 is 0 Å². The third-order valence-electron chi connectivity index (χ3n) is 3.78. The van der Waals surface area contributed by atoms with Gasteiger partial charge in [0.25, 0.3) is 5.91 Å². The number of para-hydroxylation sites is 1. The molecule has 0 aliphatic rings. The maximum Gasteiger partial charge on any atom is 0.261 e. The monoisotopic (exact) mass is 376 g/mol. The molecule has 0 aliphatic carbocycles. The van der Waals surface area contributed by atoms with Crippen LogP contribution in [0.3, 0.4) is 0 Å². The number of phenols is 1. The van der Waals surface area contributed by atoms with Gasteiger partial charge in [-0.1, -0.05) is 72.8 Å². The fourth-order valence-electron chi connectivity index (χ4n) is 2.44. The van der Waals surface area contributed by atoms with Crippen molar-refractivity contribution in [2.24, 2.45) is 0 Å². The molecule has 0 bridgehead atoms. The minimum atomic E-state index is -0.592. The molecule has 28 heavy (non-hydrogen) atoms. The van der Waals surface area contributed by atoms with Crippen molar-refractivity contribution in [3.8, 4) is 5.75 Å². The van der Waals surface area contributed by atoms with E-state index in [4.69, 9.17) is 0 Å². The summed E-state index contributed by atoms with van der Waals surface area (Å²) < 4.78 is 0.